The molecule has 3 rings (SSSR count). The molecule has 0 amide bonds. The van der Waals surface area contributed by atoms with Crippen molar-refractivity contribution >= 4 is 11.0 Å². The van der Waals surface area contributed by atoms with E-state index in [0.717, 1.165) is 41.3 Å². The first-order valence-electron chi connectivity index (χ1n) is 8.03. The largest absolute Gasteiger partial charge is 0.487 e. The molecule has 0 N–H and O–H groups in total. The van der Waals surface area contributed by atoms with Crippen LogP contribution in [-0.2, 0) is 13.2 Å². The van der Waals surface area contributed by atoms with Gasteiger partial charge in [0, 0.05) is 30.6 Å². The lowest BCUT2D eigenvalue weighted by Crippen LogP contribution is -2.03. The summed E-state index contributed by atoms with van der Waals surface area (Å²) in [5.74, 6) is -0.529. The Balaban J connectivity index is 1.98. The predicted molar refractivity (Wildman–Crippen MR) is 90.2 cm³/mol. The van der Waals surface area contributed by atoms with E-state index in [4.69, 9.17) is 4.74 Å². The first-order chi connectivity index (χ1) is 11.5. The zero-order chi connectivity index (χ0) is 17.3. The van der Waals surface area contributed by atoms with Crippen LogP contribution in [0.2, 0.25) is 0 Å². The summed E-state index contributed by atoms with van der Waals surface area (Å²) in [6, 6.07) is 5.21. The number of aryl methyl sites for hydroxylation is 2. The zero-order valence-corrected chi connectivity index (χ0v) is 14.1. The van der Waals surface area contributed by atoms with Crippen molar-refractivity contribution in [1.82, 2.24) is 9.55 Å². The van der Waals surface area contributed by atoms with E-state index in [1.165, 1.54) is 12.1 Å². The zero-order valence-electron chi connectivity index (χ0n) is 14.1. The van der Waals surface area contributed by atoms with Crippen molar-refractivity contribution in [2.45, 2.75) is 40.3 Å². The minimum absolute atomic E-state index is 0.100. The fourth-order valence-corrected chi connectivity index (χ4v) is 2.99. The average molecular weight is 330 g/mol. The highest BCUT2D eigenvalue weighted by atomic mass is 19.1. The smallest absolute Gasteiger partial charge is 0.147 e. The number of ether oxygens (including phenoxy) is 1. The van der Waals surface area contributed by atoms with E-state index in [9.17, 15) is 8.78 Å². The van der Waals surface area contributed by atoms with Gasteiger partial charge in [0.25, 0.3) is 0 Å². The monoisotopic (exact) mass is 330 g/mol. The van der Waals surface area contributed by atoms with Crippen LogP contribution < -0.4 is 4.74 Å². The van der Waals surface area contributed by atoms with E-state index in [1.54, 1.807) is 12.3 Å². The lowest BCUT2D eigenvalue weighted by atomic mass is 10.2. The van der Waals surface area contributed by atoms with Crippen LogP contribution in [0.25, 0.3) is 11.0 Å². The number of fused-ring (bicyclic) bond motifs is 1. The molecule has 0 spiro atoms. The van der Waals surface area contributed by atoms with E-state index >= 15 is 0 Å². The summed E-state index contributed by atoms with van der Waals surface area (Å²) in [4.78, 5) is 4.47. The summed E-state index contributed by atoms with van der Waals surface area (Å²) in [5.41, 5.74) is 4.59. The molecular formula is C19H20F2N2O. The average Bonchev–Trinajstić information content (AvgIpc) is 2.78. The Hall–Kier alpha value is -2.43. The van der Waals surface area contributed by atoms with Crippen molar-refractivity contribution in [3.63, 3.8) is 0 Å². The summed E-state index contributed by atoms with van der Waals surface area (Å²) in [7, 11) is 0. The van der Waals surface area contributed by atoms with Crippen molar-refractivity contribution in [1.29, 1.82) is 0 Å². The van der Waals surface area contributed by atoms with Crippen molar-refractivity contribution in [3.05, 3.63) is 58.9 Å². The highest BCUT2D eigenvalue weighted by Crippen LogP contribution is 2.31. The number of halogens is 2. The molecule has 0 aliphatic carbocycles. The summed E-state index contributed by atoms with van der Waals surface area (Å²) >= 11 is 0. The molecule has 3 aromatic rings. The Morgan fingerprint density at radius 3 is 2.50 bits per heavy atom. The van der Waals surface area contributed by atoms with Crippen LogP contribution in [0.1, 0.15) is 30.2 Å². The van der Waals surface area contributed by atoms with E-state index in [1.807, 2.05) is 6.92 Å². The molecule has 5 heteroatoms. The maximum atomic E-state index is 13.3. The SMILES string of the molecule is CCCn1c(C)c(C)c2nccc(OCc3cc(F)cc(F)c3)c21. The summed E-state index contributed by atoms with van der Waals surface area (Å²) in [6.07, 6.45) is 2.69. The predicted octanol–water partition coefficient (Wildman–Crippen LogP) is 4.92. The Morgan fingerprint density at radius 1 is 1.12 bits per heavy atom. The van der Waals surface area contributed by atoms with E-state index in [0.29, 0.717) is 11.3 Å². The quantitative estimate of drug-likeness (QED) is 0.664. The first kappa shape index (κ1) is 16.4. The van der Waals surface area contributed by atoms with Gasteiger partial charge in [0.2, 0.25) is 0 Å². The minimum atomic E-state index is -0.602. The van der Waals surface area contributed by atoms with E-state index < -0.39 is 11.6 Å². The van der Waals surface area contributed by atoms with E-state index in [-0.39, 0.29) is 6.61 Å². The minimum Gasteiger partial charge on any atom is -0.487 e. The molecule has 0 radical (unpaired) electrons. The Labute approximate surface area is 139 Å². The second-order valence-electron chi connectivity index (χ2n) is 5.93. The van der Waals surface area contributed by atoms with Gasteiger partial charge in [0.1, 0.15) is 29.5 Å². The number of aromatic nitrogens is 2. The molecule has 0 unspecified atom stereocenters. The maximum Gasteiger partial charge on any atom is 0.147 e. The van der Waals surface area contributed by atoms with Gasteiger partial charge >= 0.3 is 0 Å². The fourth-order valence-electron chi connectivity index (χ4n) is 2.99. The van der Waals surface area contributed by atoms with Crippen LogP contribution in [0.15, 0.2) is 30.5 Å². The van der Waals surface area contributed by atoms with Crippen LogP contribution in [0, 0.1) is 25.5 Å². The summed E-state index contributed by atoms with van der Waals surface area (Å²) < 4.78 is 34.7. The highest BCUT2D eigenvalue weighted by molar-refractivity contribution is 5.86. The lowest BCUT2D eigenvalue weighted by Gasteiger charge is -2.12. The molecule has 1 aromatic carbocycles. The van der Waals surface area contributed by atoms with Crippen molar-refractivity contribution in [2.75, 3.05) is 0 Å². The summed E-state index contributed by atoms with van der Waals surface area (Å²) in [6.45, 7) is 7.20. The third-order valence-corrected chi connectivity index (χ3v) is 4.22. The van der Waals surface area contributed by atoms with Gasteiger partial charge in [-0.25, -0.2) is 8.78 Å². The van der Waals surface area contributed by atoms with Gasteiger partial charge in [-0.3, -0.25) is 4.98 Å². The molecule has 0 aliphatic heterocycles. The molecule has 24 heavy (non-hydrogen) atoms. The highest BCUT2D eigenvalue weighted by Gasteiger charge is 2.16. The van der Waals surface area contributed by atoms with Crippen molar-refractivity contribution in [3.8, 4) is 5.75 Å². The molecule has 3 nitrogen and oxygen atoms in total. The molecule has 0 bridgehead atoms. The third kappa shape index (κ3) is 2.98. The third-order valence-electron chi connectivity index (χ3n) is 4.22. The van der Waals surface area contributed by atoms with Gasteiger partial charge in [-0.1, -0.05) is 6.92 Å². The van der Waals surface area contributed by atoms with Crippen LogP contribution in [0.3, 0.4) is 0 Å². The van der Waals surface area contributed by atoms with Gasteiger partial charge < -0.3 is 9.30 Å². The number of hydrogen-bond acceptors (Lipinski definition) is 2. The van der Waals surface area contributed by atoms with Gasteiger partial charge in [0.05, 0.1) is 5.52 Å². The molecular weight excluding hydrogens is 310 g/mol. The van der Waals surface area contributed by atoms with Gasteiger partial charge in [-0.2, -0.15) is 0 Å². The second-order valence-corrected chi connectivity index (χ2v) is 5.93. The Kier molecular flexibility index (Phi) is 4.51. The van der Waals surface area contributed by atoms with Crippen LogP contribution in [0.5, 0.6) is 5.75 Å². The number of benzene rings is 1. The van der Waals surface area contributed by atoms with Crippen LogP contribution in [0.4, 0.5) is 8.78 Å². The topological polar surface area (TPSA) is 27.1 Å². The van der Waals surface area contributed by atoms with E-state index in [2.05, 4.69) is 23.4 Å². The van der Waals surface area contributed by atoms with Crippen LogP contribution in [-0.4, -0.2) is 9.55 Å². The standard InChI is InChI=1S/C19H20F2N2O/c1-4-7-23-13(3)12(2)18-19(23)17(5-6-22-18)24-11-14-8-15(20)10-16(21)9-14/h5-6,8-10H,4,7,11H2,1-3H3. The number of rotatable bonds is 5. The molecule has 126 valence electrons. The van der Waals surface area contributed by atoms with Gasteiger partial charge in [0.15, 0.2) is 0 Å². The normalized spacial score (nSPS) is 11.2. The fraction of sp³-hybridized carbons (Fsp3) is 0.316. The molecule has 0 saturated carbocycles. The first-order valence-corrected chi connectivity index (χ1v) is 8.03. The number of nitrogens with zero attached hydrogens (tertiary/aromatic N) is 2. The molecule has 0 atom stereocenters. The van der Waals surface area contributed by atoms with Gasteiger partial charge in [-0.15, -0.1) is 0 Å². The maximum absolute atomic E-state index is 13.3. The molecule has 0 fully saturated rings. The van der Waals surface area contributed by atoms with Crippen molar-refractivity contribution < 1.29 is 13.5 Å². The number of pyridine rings is 1. The number of hydrogen-bond donors (Lipinski definition) is 0. The lowest BCUT2D eigenvalue weighted by molar-refractivity contribution is 0.307. The van der Waals surface area contributed by atoms with Crippen LogP contribution >= 0.6 is 0 Å². The van der Waals surface area contributed by atoms with Crippen molar-refractivity contribution in [2.24, 2.45) is 0 Å². The molecule has 0 saturated heterocycles. The van der Waals surface area contributed by atoms with Gasteiger partial charge in [-0.05, 0) is 43.5 Å². The molecule has 2 heterocycles. The second kappa shape index (κ2) is 6.59. The summed E-state index contributed by atoms with van der Waals surface area (Å²) in [5, 5.41) is 0. The Morgan fingerprint density at radius 2 is 1.83 bits per heavy atom. The Bertz CT molecular complexity index is 866. The molecule has 0 aliphatic rings. The molecule has 2 aromatic heterocycles.